The number of hydrogen-bond acceptors (Lipinski definition) is 5. The van der Waals surface area contributed by atoms with Crippen LogP contribution in [-0.4, -0.2) is 21.0 Å². The van der Waals surface area contributed by atoms with Gasteiger partial charge in [0.2, 0.25) is 5.90 Å². The van der Waals surface area contributed by atoms with Gasteiger partial charge in [-0.15, -0.1) is 0 Å². The summed E-state index contributed by atoms with van der Waals surface area (Å²) >= 11 is 1.80. The summed E-state index contributed by atoms with van der Waals surface area (Å²) in [6, 6.07) is 21.5. The van der Waals surface area contributed by atoms with E-state index in [4.69, 9.17) is 19.5 Å². The predicted octanol–water partition coefficient (Wildman–Crippen LogP) is 12.3. The molecule has 9 rings (SSSR count). The summed E-state index contributed by atoms with van der Waals surface area (Å²) in [5, 5.41) is 2.37. The molecule has 0 saturated carbocycles. The fraction of sp³-hybridized carbons (Fsp3) is 0.362. The van der Waals surface area contributed by atoms with Crippen molar-refractivity contribution in [2.24, 2.45) is 10.4 Å². The van der Waals surface area contributed by atoms with Gasteiger partial charge in [0.05, 0.1) is 11.2 Å². The maximum atomic E-state index is 9.76. The summed E-state index contributed by atoms with van der Waals surface area (Å²) in [5.41, 5.74) is 9.07. The van der Waals surface area contributed by atoms with Crippen molar-refractivity contribution in [2.45, 2.75) is 116 Å². The zero-order valence-electron chi connectivity index (χ0n) is 34.9. The van der Waals surface area contributed by atoms with E-state index in [-0.39, 0.29) is 5.41 Å². The maximum Gasteiger partial charge on any atom is 0.217 e. The molecule has 0 unspecified atom stereocenters. The number of ether oxygens (including phenoxy) is 2. The molecule has 5 nitrogen and oxygen atoms in total. The van der Waals surface area contributed by atoms with Crippen LogP contribution < -0.4 is 4.74 Å². The van der Waals surface area contributed by atoms with Gasteiger partial charge in [-0.3, -0.25) is 4.57 Å². The highest BCUT2D eigenvalue weighted by molar-refractivity contribution is 7.99. The van der Waals surface area contributed by atoms with E-state index in [0.29, 0.717) is 17.2 Å². The first-order chi connectivity index (χ1) is 25.6. The maximum absolute atomic E-state index is 9.76. The minimum Gasteiger partial charge on any atom is -0.467 e. The first kappa shape index (κ1) is 31.9. The molecule has 6 aromatic rings. The third-order valence-corrected chi connectivity index (χ3v) is 12.8. The molecule has 0 bridgehead atoms. The smallest absolute Gasteiger partial charge is 0.217 e. The zero-order chi connectivity index (χ0) is 39.4. The SMILES string of the molecule is [2H]C1([2H])c2cc(C)c(C)cc2[C@@]2(C)N=C(c3cc(Oc4cc5c(cc4C)Sc4cc(C)cc6c7cc(C)cnc7n-5c46)cc(C(C)(C)C)c3)O[C@@]12C(C)(C)C. The van der Waals surface area contributed by atoms with Crippen molar-refractivity contribution < 1.29 is 12.2 Å². The second-order valence-corrected chi connectivity index (χ2v) is 18.9. The average Bonchev–Trinajstić information content (AvgIpc) is 3.64. The third kappa shape index (κ3) is 4.90. The molecule has 0 spiro atoms. The zero-order valence-corrected chi connectivity index (χ0v) is 33.7. The van der Waals surface area contributed by atoms with E-state index < -0.39 is 22.9 Å². The van der Waals surface area contributed by atoms with Gasteiger partial charge in [-0.05, 0) is 134 Å². The second kappa shape index (κ2) is 11.0. The van der Waals surface area contributed by atoms with Gasteiger partial charge in [-0.1, -0.05) is 65.4 Å². The summed E-state index contributed by atoms with van der Waals surface area (Å²) in [4.78, 5) is 12.8. The van der Waals surface area contributed by atoms with Gasteiger partial charge in [0.25, 0.3) is 0 Å². The van der Waals surface area contributed by atoms with E-state index in [1.807, 2.05) is 25.3 Å². The lowest BCUT2D eigenvalue weighted by atomic mass is 9.66. The number of pyridine rings is 1. The van der Waals surface area contributed by atoms with Gasteiger partial charge in [0, 0.05) is 52.9 Å². The van der Waals surface area contributed by atoms with Crippen LogP contribution in [-0.2, 0) is 22.1 Å². The molecule has 2 aromatic heterocycles. The largest absolute Gasteiger partial charge is 0.467 e. The number of nitrogens with zero attached hydrogens (tertiary/aromatic N) is 3. The van der Waals surface area contributed by atoms with E-state index in [1.165, 1.54) is 21.4 Å². The van der Waals surface area contributed by atoms with Gasteiger partial charge < -0.3 is 9.47 Å². The van der Waals surface area contributed by atoms with Crippen LogP contribution in [0.2, 0.25) is 0 Å². The van der Waals surface area contributed by atoms with Crippen molar-refractivity contribution in [3.8, 4) is 17.2 Å². The van der Waals surface area contributed by atoms with Gasteiger partial charge in [-0.25, -0.2) is 9.98 Å². The van der Waals surface area contributed by atoms with Crippen LogP contribution in [0.15, 0.2) is 81.6 Å². The van der Waals surface area contributed by atoms with Gasteiger partial charge in [-0.2, -0.15) is 0 Å². The fourth-order valence-electron chi connectivity index (χ4n) is 8.67. The Morgan fingerprint density at radius 3 is 2.28 bits per heavy atom. The van der Waals surface area contributed by atoms with Crippen molar-refractivity contribution in [2.75, 3.05) is 0 Å². The Morgan fingerprint density at radius 2 is 1.55 bits per heavy atom. The van der Waals surface area contributed by atoms with Crippen LogP contribution >= 0.6 is 11.8 Å². The Morgan fingerprint density at radius 1 is 0.811 bits per heavy atom. The molecule has 53 heavy (non-hydrogen) atoms. The van der Waals surface area contributed by atoms with Crippen molar-refractivity contribution in [3.63, 3.8) is 0 Å². The van der Waals surface area contributed by atoms with Gasteiger partial charge in [0.15, 0.2) is 0 Å². The normalized spacial score (nSPS) is 21.8. The highest BCUT2D eigenvalue weighted by atomic mass is 32.2. The fourth-order valence-corrected chi connectivity index (χ4v) is 9.94. The second-order valence-electron chi connectivity index (χ2n) is 17.8. The highest BCUT2D eigenvalue weighted by Crippen LogP contribution is 2.60. The van der Waals surface area contributed by atoms with E-state index in [0.717, 1.165) is 66.3 Å². The Kier molecular flexibility index (Phi) is 6.63. The molecule has 3 aliphatic rings. The molecule has 0 N–H and O–H groups in total. The third-order valence-electron chi connectivity index (χ3n) is 11.7. The molecule has 0 saturated heterocycles. The van der Waals surface area contributed by atoms with E-state index in [1.54, 1.807) is 11.8 Å². The average molecular weight is 722 g/mol. The molecular formula is C47H49N3O2S. The number of aliphatic imine (C=N–C) groups is 1. The summed E-state index contributed by atoms with van der Waals surface area (Å²) in [6.07, 6.45) is 0.138. The summed E-state index contributed by atoms with van der Waals surface area (Å²) in [5.74, 6) is 1.87. The number of aromatic nitrogens is 2. The van der Waals surface area contributed by atoms with Crippen LogP contribution in [0.1, 0.15) is 101 Å². The molecule has 0 radical (unpaired) electrons. The summed E-state index contributed by atoms with van der Waals surface area (Å²) < 4.78 is 35.8. The Balaban J connectivity index is 1.19. The Hall–Kier alpha value is -4.55. The molecule has 6 heteroatoms. The minimum absolute atomic E-state index is 0.215. The highest BCUT2D eigenvalue weighted by Gasteiger charge is 2.66. The lowest BCUT2D eigenvalue weighted by Crippen LogP contribution is -2.54. The van der Waals surface area contributed by atoms with Crippen LogP contribution in [0.3, 0.4) is 0 Å². The van der Waals surface area contributed by atoms with Crippen LogP contribution in [0.4, 0.5) is 0 Å². The standard InChI is InChI=1S/C47H49N3O2S/c1-25-13-34-35-14-26(2)24-48-42(35)50-37-22-38(29(5)18-39(37)53-40(15-25)41(34)50)51-33-20-30(19-32(21-33)44(6,7)8)43-49-46(12)36-17-28(4)27(3)16-31(36)23-47(46,52-43)45(9,10)11/h13-22,24H,23H2,1-12H3/t46-,47-/m1/s1/i23D2. The van der Waals surface area contributed by atoms with Crippen LogP contribution in [0, 0.1) is 40.0 Å². The minimum atomic E-state index is -1.81. The monoisotopic (exact) mass is 721 g/mol. The van der Waals surface area contributed by atoms with E-state index in [2.05, 4.69) is 129 Å². The van der Waals surface area contributed by atoms with E-state index >= 15 is 0 Å². The van der Waals surface area contributed by atoms with E-state index in [9.17, 15) is 2.74 Å². The first-order valence-electron chi connectivity index (χ1n) is 19.6. The molecule has 270 valence electrons. The molecule has 1 aliphatic carbocycles. The summed E-state index contributed by atoms with van der Waals surface area (Å²) in [7, 11) is 0. The quantitative estimate of drug-likeness (QED) is 0.182. The molecule has 4 heterocycles. The van der Waals surface area contributed by atoms with Gasteiger partial charge >= 0.3 is 0 Å². The lowest BCUT2D eigenvalue weighted by Gasteiger charge is -2.45. The lowest BCUT2D eigenvalue weighted by molar-refractivity contribution is -0.0673. The number of benzene rings is 4. The molecule has 0 fully saturated rings. The number of hydrogen-bond donors (Lipinski definition) is 0. The van der Waals surface area contributed by atoms with Crippen molar-refractivity contribution in [1.82, 2.24) is 9.55 Å². The topological polar surface area (TPSA) is 48.6 Å². The number of fused-ring (bicyclic) bond motifs is 8. The Bertz CT molecular complexity index is 2710. The molecule has 4 aromatic carbocycles. The molecule has 2 atom stereocenters. The molecular weight excluding hydrogens is 671 g/mol. The summed E-state index contributed by atoms with van der Waals surface area (Å²) in [6.45, 7) is 25.3. The molecule has 2 aliphatic heterocycles. The number of aryl methyl sites for hydroxylation is 5. The van der Waals surface area contributed by atoms with Crippen LogP contribution in [0.25, 0.3) is 27.6 Å². The first-order valence-corrected chi connectivity index (χ1v) is 19.5. The van der Waals surface area contributed by atoms with Crippen molar-refractivity contribution in [1.29, 1.82) is 0 Å². The predicted molar refractivity (Wildman–Crippen MR) is 219 cm³/mol. The number of rotatable bonds is 3. The van der Waals surface area contributed by atoms with Crippen molar-refractivity contribution in [3.05, 3.63) is 117 Å². The molecule has 0 amide bonds. The van der Waals surface area contributed by atoms with Crippen LogP contribution in [0.5, 0.6) is 11.5 Å². The van der Waals surface area contributed by atoms with Gasteiger partial charge in [0.1, 0.15) is 28.3 Å². The Labute approximate surface area is 320 Å². The van der Waals surface area contributed by atoms with Crippen molar-refractivity contribution >= 4 is 39.6 Å².